The van der Waals surface area contributed by atoms with E-state index in [1.54, 1.807) is 28.6 Å². The molecule has 10 nitrogen and oxygen atoms in total. The largest absolute Gasteiger partial charge is 0.467 e. The van der Waals surface area contributed by atoms with Crippen LogP contribution < -0.4 is 25.4 Å². The Morgan fingerprint density at radius 1 is 1.22 bits per heavy atom. The lowest BCUT2D eigenvalue weighted by Gasteiger charge is -2.33. The fourth-order valence-corrected chi connectivity index (χ4v) is 4.69. The Hall–Kier alpha value is -4.28. The first-order chi connectivity index (χ1) is 17.9. The van der Waals surface area contributed by atoms with Gasteiger partial charge in [0.1, 0.15) is 23.4 Å². The number of benzene rings is 2. The molecule has 1 aromatic heterocycles. The zero-order valence-electron chi connectivity index (χ0n) is 20.5. The highest BCUT2D eigenvalue weighted by Crippen LogP contribution is 2.41. The molecule has 1 saturated heterocycles. The lowest BCUT2D eigenvalue weighted by molar-refractivity contribution is 0.0524. The molecule has 1 unspecified atom stereocenters. The number of amides is 1. The minimum absolute atomic E-state index is 0.0201. The van der Waals surface area contributed by atoms with Gasteiger partial charge in [-0.15, -0.1) is 0 Å². The number of alkyl carbamates (subject to hydrolysis) is 1. The van der Waals surface area contributed by atoms with Gasteiger partial charge in [0, 0.05) is 26.3 Å². The molecular formula is C26H27FN4O6. The summed E-state index contributed by atoms with van der Waals surface area (Å²) in [5.41, 5.74) is 0.641. The van der Waals surface area contributed by atoms with Crippen LogP contribution in [0, 0.1) is 5.82 Å². The summed E-state index contributed by atoms with van der Waals surface area (Å²) in [4.78, 5) is 39.5. The van der Waals surface area contributed by atoms with E-state index >= 15 is 4.39 Å². The molecule has 0 spiro atoms. The molecule has 0 saturated carbocycles. The van der Waals surface area contributed by atoms with E-state index in [0.29, 0.717) is 25.0 Å². The first kappa shape index (κ1) is 24.4. The molecule has 194 valence electrons. The summed E-state index contributed by atoms with van der Waals surface area (Å²) in [5.74, 6) is -1.20. The number of ether oxygens (including phenoxy) is 3. The number of hydrogen-bond acceptors (Lipinski definition) is 8. The number of nitrogens with zero attached hydrogens (tertiary/aromatic N) is 3. The molecule has 2 aliphatic rings. The Kier molecular flexibility index (Phi) is 6.60. The number of aromatic nitrogens is 1. The molecule has 5 rings (SSSR count). The van der Waals surface area contributed by atoms with Crippen molar-refractivity contribution in [2.45, 2.75) is 26.0 Å². The molecule has 1 fully saturated rings. The average molecular weight is 511 g/mol. The van der Waals surface area contributed by atoms with Gasteiger partial charge in [0.15, 0.2) is 18.3 Å². The van der Waals surface area contributed by atoms with Gasteiger partial charge in [0.2, 0.25) is 5.43 Å². The number of halogens is 1. The predicted molar refractivity (Wildman–Crippen MR) is 134 cm³/mol. The molecule has 3 aromatic rings. The van der Waals surface area contributed by atoms with Crippen molar-refractivity contribution in [2.24, 2.45) is 0 Å². The molecule has 0 radical (unpaired) electrons. The van der Waals surface area contributed by atoms with E-state index in [4.69, 9.17) is 14.2 Å². The normalized spacial score (nSPS) is 16.5. The van der Waals surface area contributed by atoms with Gasteiger partial charge in [0.05, 0.1) is 18.0 Å². The molecule has 1 N–H and O–H groups in total. The Balaban J connectivity index is 1.40. The number of esters is 1. The lowest BCUT2D eigenvalue weighted by Crippen LogP contribution is -2.40. The van der Waals surface area contributed by atoms with E-state index < -0.39 is 23.3 Å². The Labute approximate surface area is 212 Å². The van der Waals surface area contributed by atoms with E-state index in [2.05, 4.69) is 5.32 Å². The van der Waals surface area contributed by atoms with E-state index in [0.717, 1.165) is 11.6 Å². The summed E-state index contributed by atoms with van der Waals surface area (Å²) in [7, 11) is 1.72. The summed E-state index contributed by atoms with van der Waals surface area (Å²) in [6.07, 6.45) is 1.42. The van der Waals surface area contributed by atoms with Crippen LogP contribution in [0.3, 0.4) is 0 Å². The maximum atomic E-state index is 15.5. The standard InChI is InChI=1S/C26H27FN4O6/c1-3-35-25(33)19-13-31-21-18(23(19)32)11-20(27)22(24(21)37-15-29(31)2)30-10-9-17(12-30)28-26(34)36-14-16-7-5-4-6-8-16/h4-8,11,13,17H,3,9-10,12,14-15H2,1-2H3,(H,28,34). The van der Waals surface area contributed by atoms with Gasteiger partial charge in [-0.25, -0.2) is 14.0 Å². The number of carbonyl (C=O) groups excluding carboxylic acids is 2. The fourth-order valence-electron chi connectivity index (χ4n) is 4.69. The summed E-state index contributed by atoms with van der Waals surface area (Å²) < 4.78 is 33.3. The van der Waals surface area contributed by atoms with Crippen molar-refractivity contribution in [3.63, 3.8) is 0 Å². The molecule has 37 heavy (non-hydrogen) atoms. The minimum Gasteiger partial charge on any atom is -0.467 e. The van der Waals surface area contributed by atoms with E-state index in [-0.39, 0.29) is 48.4 Å². The molecule has 1 atom stereocenters. The molecule has 0 bridgehead atoms. The second-order valence-corrected chi connectivity index (χ2v) is 8.94. The quantitative estimate of drug-likeness (QED) is 0.505. The van der Waals surface area contributed by atoms with Gasteiger partial charge < -0.3 is 24.4 Å². The summed E-state index contributed by atoms with van der Waals surface area (Å²) >= 11 is 0. The molecule has 3 heterocycles. The minimum atomic E-state index is -0.767. The predicted octanol–water partition coefficient (Wildman–Crippen LogP) is 2.74. The third kappa shape index (κ3) is 4.64. The summed E-state index contributed by atoms with van der Waals surface area (Å²) in [6, 6.07) is 10.2. The third-order valence-corrected chi connectivity index (χ3v) is 6.45. The third-order valence-electron chi connectivity index (χ3n) is 6.45. The zero-order chi connectivity index (χ0) is 26.1. The monoisotopic (exact) mass is 510 g/mol. The Morgan fingerprint density at radius 2 is 2.00 bits per heavy atom. The van der Waals surface area contributed by atoms with Gasteiger partial charge in [-0.05, 0) is 25.0 Å². The number of anilines is 1. The second kappa shape index (κ2) is 10.00. The highest BCUT2D eigenvalue weighted by molar-refractivity contribution is 5.98. The fraction of sp³-hybridized carbons (Fsp3) is 0.346. The molecular weight excluding hydrogens is 483 g/mol. The van der Waals surface area contributed by atoms with Crippen molar-refractivity contribution in [3.05, 3.63) is 69.8 Å². The number of pyridine rings is 1. The van der Waals surface area contributed by atoms with Crippen LogP contribution >= 0.6 is 0 Å². The molecule has 2 aromatic carbocycles. The SMILES string of the molecule is CCOC(=O)c1cn2c3c(c(N4CCC(NC(=O)OCc5ccccc5)C4)c(F)cc3c1=O)OCN2C. The van der Waals surface area contributed by atoms with E-state index in [9.17, 15) is 14.4 Å². The summed E-state index contributed by atoms with van der Waals surface area (Å²) in [5, 5.41) is 4.52. The Morgan fingerprint density at radius 3 is 2.76 bits per heavy atom. The van der Waals surface area contributed by atoms with Crippen LogP contribution in [-0.4, -0.2) is 56.3 Å². The first-order valence-corrected chi connectivity index (χ1v) is 12.0. The average Bonchev–Trinajstić information content (AvgIpc) is 3.34. The smallest absolute Gasteiger partial charge is 0.407 e. The number of nitrogens with one attached hydrogen (secondary N) is 1. The van der Waals surface area contributed by atoms with Crippen molar-refractivity contribution >= 4 is 28.7 Å². The van der Waals surface area contributed by atoms with Crippen LogP contribution in [0.4, 0.5) is 14.9 Å². The van der Waals surface area contributed by atoms with Crippen LogP contribution in [-0.2, 0) is 16.1 Å². The van der Waals surface area contributed by atoms with E-state index in [1.807, 2.05) is 30.3 Å². The van der Waals surface area contributed by atoms with Crippen LogP contribution in [0.1, 0.15) is 29.3 Å². The number of hydrogen-bond donors (Lipinski definition) is 1. The number of carbonyl (C=O) groups is 2. The molecule has 1 amide bonds. The van der Waals surface area contributed by atoms with Crippen LogP contribution in [0.5, 0.6) is 5.75 Å². The lowest BCUT2D eigenvalue weighted by atomic mass is 10.1. The topological polar surface area (TPSA) is 102 Å². The van der Waals surface area contributed by atoms with Crippen molar-refractivity contribution < 1.29 is 28.2 Å². The van der Waals surface area contributed by atoms with Crippen molar-refractivity contribution in [1.29, 1.82) is 0 Å². The van der Waals surface area contributed by atoms with Crippen molar-refractivity contribution in [1.82, 2.24) is 9.99 Å². The maximum absolute atomic E-state index is 15.5. The first-order valence-electron chi connectivity index (χ1n) is 12.0. The zero-order valence-corrected chi connectivity index (χ0v) is 20.5. The van der Waals surface area contributed by atoms with Gasteiger partial charge >= 0.3 is 12.1 Å². The van der Waals surface area contributed by atoms with Crippen molar-refractivity contribution in [3.8, 4) is 5.75 Å². The maximum Gasteiger partial charge on any atom is 0.407 e. The van der Waals surface area contributed by atoms with Crippen LogP contribution in [0.2, 0.25) is 0 Å². The van der Waals surface area contributed by atoms with Gasteiger partial charge in [-0.1, -0.05) is 30.3 Å². The highest BCUT2D eigenvalue weighted by atomic mass is 19.1. The molecule has 11 heteroatoms. The summed E-state index contributed by atoms with van der Waals surface area (Å²) in [6.45, 7) is 2.78. The van der Waals surface area contributed by atoms with Crippen LogP contribution in [0.15, 0.2) is 47.4 Å². The van der Waals surface area contributed by atoms with Gasteiger partial charge in [-0.2, -0.15) is 0 Å². The number of rotatable bonds is 6. The van der Waals surface area contributed by atoms with Gasteiger partial charge in [-0.3, -0.25) is 14.5 Å². The highest BCUT2D eigenvalue weighted by Gasteiger charge is 2.33. The second-order valence-electron chi connectivity index (χ2n) is 8.94. The van der Waals surface area contributed by atoms with Crippen molar-refractivity contribution in [2.75, 3.05) is 43.4 Å². The van der Waals surface area contributed by atoms with Gasteiger partial charge in [0.25, 0.3) is 0 Å². The Bertz CT molecular complexity index is 1410. The van der Waals surface area contributed by atoms with Crippen LogP contribution in [0.25, 0.3) is 10.9 Å². The van der Waals surface area contributed by atoms with E-state index in [1.165, 1.54) is 6.20 Å². The molecule has 0 aliphatic carbocycles. The molecule has 2 aliphatic heterocycles.